The molecular weight excluding hydrogens is 592 g/mol. The fourth-order valence-electron chi connectivity index (χ4n) is 4.66. The fourth-order valence-corrected chi connectivity index (χ4v) is 6.16. The van der Waals surface area contributed by atoms with E-state index in [-0.39, 0.29) is 40.5 Å². The number of anilines is 2. The van der Waals surface area contributed by atoms with Crippen LogP contribution in [0.15, 0.2) is 17.4 Å². The van der Waals surface area contributed by atoms with Crippen LogP contribution in [0.5, 0.6) is 0 Å². The number of aromatic amines is 1. The maximum absolute atomic E-state index is 15.0. The van der Waals surface area contributed by atoms with E-state index in [1.807, 2.05) is 0 Å². The quantitative estimate of drug-likeness (QED) is 0.101. The molecule has 0 bridgehead atoms. The number of alkyl halides is 1. The van der Waals surface area contributed by atoms with Crippen LogP contribution in [0.1, 0.15) is 18.9 Å². The summed E-state index contributed by atoms with van der Waals surface area (Å²) >= 11 is 4.02. The van der Waals surface area contributed by atoms with E-state index in [0.717, 1.165) is 11.0 Å². The zero-order valence-electron chi connectivity index (χ0n) is 20.7. The van der Waals surface area contributed by atoms with Gasteiger partial charge in [0.1, 0.15) is 24.6 Å². The van der Waals surface area contributed by atoms with Crippen molar-refractivity contribution in [1.82, 2.24) is 44.5 Å². The van der Waals surface area contributed by atoms with Crippen LogP contribution in [0.4, 0.5) is 16.2 Å². The van der Waals surface area contributed by atoms with Crippen LogP contribution in [0, 0.1) is 0 Å². The molecule has 19 nitrogen and oxygen atoms in total. The SMILES string of the molecule is Nc1nc2c(ncn2[C@@H]2O[C@H](CO)CC2OP(=O)(S)OC[C@H]2O[C@@H](n3nnc4c(N)ncnc43)C(F)[C@H]2O)c(=O)[nH]1. The second-order valence-electron chi connectivity index (χ2n) is 9.22. The van der Waals surface area contributed by atoms with E-state index in [2.05, 4.69) is 47.5 Å². The summed E-state index contributed by atoms with van der Waals surface area (Å²) in [5.41, 5.74) is 11.0. The maximum atomic E-state index is 15.0. The fraction of sp³-hybridized carbons (Fsp3) is 0.526. The molecule has 6 heterocycles. The summed E-state index contributed by atoms with van der Waals surface area (Å²) in [7, 11) is 0. The highest BCUT2D eigenvalue weighted by Crippen LogP contribution is 2.57. The monoisotopic (exact) mass is 615 g/mol. The van der Waals surface area contributed by atoms with Crippen molar-refractivity contribution < 1.29 is 37.7 Å². The molecule has 0 amide bonds. The van der Waals surface area contributed by atoms with Gasteiger partial charge in [-0.2, -0.15) is 9.67 Å². The number of nitrogens with zero attached hydrogens (tertiary/aromatic N) is 8. The highest BCUT2D eigenvalue weighted by Gasteiger charge is 2.48. The number of aliphatic hydroxyl groups is 2. The Hall–Kier alpha value is -3.30. The van der Waals surface area contributed by atoms with Gasteiger partial charge < -0.3 is 31.2 Å². The van der Waals surface area contributed by atoms with Gasteiger partial charge >= 0.3 is 6.80 Å². The highest BCUT2D eigenvalue weighted by atomic mass is 32.7. The number of nitrogens with one attached hydrogen (secondary N) is 1. The van der Waals surface area contributed by atoms with E-state index in [0.29, 0.717) is 0 Å². The number of rotatable bonds is 8. The normalized spacial score (nSPS) is 29.9. The van der Waals surface area contributed by atoms with E-state index < -0.39 is 68.6 Å². The second kappa shape index (κ2) is 10.5. The Morgan fingerprint density at radius 3 is 2.80 bits per heavy atom. The molecule has 7 N–H and O–H groups in total. The average molecular weight is 616 g/mol. The first-order valence-corrected chi connectivity index (χ1v) is 14.7. The van der Waals surface area contributed by atoms with E-state index >= 15 is 4.39 Å². The van der Waals surface area contributed by atoms with Crippen LogP contribution in [0.2, 0.25) is 0 Å². The summed E-state index contributed by atoms with van der Waals surface area (Å²) < 4.78 is 53.0. The van der Waals surface area contributed by atoms with E-state index in [1.54, 1.807) is 0 Å². The lowest BCUT2D eigenvalue weighted by atomic mass is 10.1. The molecule has 3 unspecified atom stereocenters. The van der Waals surface area contributed by atoms with Gasteiger partial charge in [-0.3, -0.25) is 23.4 Å². The van der Waals surface area contributed by atoms with Gasteiger partial charge in [0, 0.05) is 6.42 Å². The zero-order chi connectivity index (χ0) is 29.1. The van der Waals surface area contributed by atoms with E-state index in [9.17, 15) is 19.6 Å². The molecule has 41 heavy (non-hydrogen) atoms. The molecule has 8 atom stereocenters. The van der Waals surface area contributed by atoms with Crippen LogP contribution in [-0.2, 0) is 23.1 Å². The predicted octanol–water partition coefficient (Wildman–Crippen LogP) is -1.17. The van der Waals surface area contributed by atoms with Crippen LogP contribution >= 0.6 is 19.0 Å². The van der Waals surface area contributed by atoms with Crippen molar-refractivity contribution in [2.24, 2.45) is 0 Å². The zero-order valence-corrected chi connectivity index (χ0v) is 22.5. The summed E-state index contributed by atoms with van der Waals surface area (Å²) in [4.78, 5) is 30.4. The molecule has 2 saturated heterocycles. The van der Waals surface area contributed by atoms with Crippen LogP contribution in [0.3, 0.4) is 0 Å². The Bertz CT molecular complexity index is 1700. The molecule has 0 spiro atoms. The Morgan fingerprint density at radius 1 is 1.22 bits per heavy atom. The number of hydrogen-bond donors (Lipinski definition) is 6. The van der Waals surface area contributed by atoms with Gasteiger partial charge in [-0.25, -0.2) is 23.9 Å². The standard InChI is InChI=1S/C19H23FN11O8PS/c20-9-12(33)8(38-18(9)31-14-10(28-29-31)13(21)23-4-24-14)3-36-40(35,41)39-7-1-6(2-32)37-17(7)30-5-25-11-15(30)26-19(22)27-16(11)34/h4-9,12,17-18,32-33H,1-3H2,(H,35,41)(H2,21,23,24)(H3,22,26,27,34)/t6-,7?,8+,9?,12-,17+,18+,40?/m0/s1. The number of nitrogen functional groups attached to an aromatic ring is 2. The van der Waals surface area contributed by atoms with Crippen molar-refractivity contribution in [1.29, 1.82) is 0 Å². The minimum atomic E-state index is -4.22. The lowest BCUT2D eigenvalue weighted by Crippen LogP contribution is -2.31. The molecule has 0 aliphatic carbocycles. The Balaban J connectivity index is 1.16. The largest absolute Gasteiger partial charge is 0.394 e. The first-order valence-electron chi connectivity index (χ1n) is 12.0. The first-order chi connectivity index (χ1) is 19.6. The molecule has 2 aliphatic rings. The van der Waals surface area contributed by atoms with E-state index in [4.69, 9.17) is 30.0 Å². The number of aromatic nitrogens is 9. The number of nitrogens with two attached hydrogens (primary N) is 2. The lowest BCUT2D eigenvalue weighted by molar-refractivity contribution is -0.0554. The van der Waals surface area contributed by atoms with E-state index in [1.165, 1.54) is 10.9 Å². The molecule has 0 saturated carbocycles. The van der Waals surface area contributed by atoms with Crippen molar-refractivity contribution in [2.45, 2.75) is 49.5 Å². The Kier molecular flexibility index (Phi) is 7.14. The van der Waals surface area contributed by atoms with Crippen molar-refractivity contribution in [3.63, 3.8) is 0 Å². The van der Waals surface area contributed by atoms with Gasteiger partial charge in [0.2, 0.25) is 5.95 Å². The summed E-state index contributed by atoms with van der Waals surface area (Å²) in [5, 5.41) is 27.7. The summed E-state index contributed by atoms with van der Waals surface area (Å²) in [6.45, 7) is -5.21. The Labute approximate surface area is 232 Å². The minimum Gasteiger partial charge on any atom is -0.394 e. The molecular formula is C19H23FN11O8PS. The second-order valence-corrected chi connectivity index (χ2v) is 12.1. The third kappa shape index (κ3) is 5.03. The van der Waals surface area contributed by atoms with Crippen molar-refractivity contribution in [2.75, 3.05) is 24.7 Å². The van der Waals surface area contributed by atoms with Crippen LogP contribution in [-0.4, -0.2) is 98.5 Å². The molecule has 2 aliphatic heterocycles. The van der Waals surface area contributed by atoms with Gasteiger partial charge in [-0.05, 0) is 0 Å². The van der Waals surface area contributed by atoms with Gasteiger partial charge in [-0.15, -0.1) is 5.10 Å². The predicted molar refractivity (Wildman–Crippen MR) is 138 cm³/mol. The van der Waals surface area contributed by atoms with Crippen LogP contribution in [0.25, 0.3) is 22.3 Å². The van der Waals surface area contributed by atoms with Gasteiger partial charge in [0.25, 0.3) is 5.56 Å². The summed E-state index contributed by atoms with van der Waals surface area (Å²) in [6.07, 6.45) is -6.83. The number of thiol groups is 1. The number of halogens is 1. The van der Waals surface area contributed by atoms with Crippen molar-refractivity contribution in [3.05, 3.63) is 23.0 Å². The molecule has 0 aromatic carbocycles. The van der Waals surface area contributed by atoms with Crippen molar-refractivity contribution >= 4 is 53.1 Å². The number of imidazole rings is 1. The number of H-pyrrole nitrogens is 1. The lowest BCUT2D eigenvalue weighted by Gasteiger charge is -2.24. The molecule has 22 heteroatoms. The number of ether oxygens (including phenoxy) is 2. The molecule has 6 rings (SSSR count). The number of hydrogen-bond acceptors (Lipinski definition) is 16. The van der Waals surface area contributed by atoms with Gasteiger partial charge in [0.05, 0.1) is 25.6 Å². The molecule has 2 fully saturated rings. The topological polar surface area (TPSA) is 267 Å². The number of aliphatic hydroxyl groups excluding tert-OH is 2. The smallest absolute Gasteiger partial charge is 0.386 e. The third-order valence-corrected chi connectivity index (χ3v) is 8.21. The summed E-state index contributed by atoms with van der Waals surface area (Å²) in [5.74, 6) is -0.147. The molecule has 4 aromatic rings. The van der Waals surface area contributed by atoms with Crippen molar-refractivity contribution in [3.8, 4) is 0 Å². The van der Waals surface area contributed by atoms with Crippen LogP contribution < -0.4 is 17.0 Å². The third-order valence-electron chi connectivity index (χ3n) is 6.57. The van der Waals surface area contributed by atoms with Gasteiger partial charge in [-0.1, -0.05) is 17.5 Å². The minimum absolute atomic E-state index is 0.0237. The number of fused-ring (bicyclic) bond motifs is 2. The first kappa shape index (κ1) is 27.8. The Morgan fingerprint density at radius 2 is 2.02 bits per heavy atom. The molecule has 220 valence electrons. The average Bonchev–Trinajstić information content (AvgIpc) is 3.69. The molecule has 4 aromatic heterocycles. The summed E-state index contributed by atoms with van der Waals surface area (Å²) in [6, 6.07) is 0. The maximum Gasteiger partial charge on any atom is 0.386 e. The highest BCUT2D eigenvalue weighted by molar-refractivity contribution is 8.44. The molecule has 0 radical (unpaired) electrons. The van der Waals surface area contributed by atoms with Gasteiger partial charge in [0.15, 0.2) is 46.8 Å².